The van der Waals surface area contributed by atoms with Gasteiger partial charge >= 0.3 is 0 Å². The van der Waals surface area contributed by atoms with Gasteiger partial charge in [-0.2, -0.15) is 0 Å². The van der Waals surface area contributed by atoms with Crippen LogP contribution in [0.3, 0.4) is 0 Å². The van der Waals surface area contributed by atoms with Gasteiger partial charge in [0, 0.05) is 11.4 Å². The summed E-state index contributed by atoms with van der Waals surface area (Å²) in [5, 5.41) is 0. The lowest BCUT2D eigenvalue weighted by atomic mass is 10.2. The lowest BCUT2D eigenvalue weighted by molar-refractivity contribution is 1.29. The molecule has 0 aliphatic heterocycles. The Kier molecular flexibility index (Phi) is 3.44. The lowest BCUT2D eigenvalue weighted by Gasteiger charge is -1.99. The Balaban J connectivity index is 1.76. The van der Waals surface area contributed by atoms with Gasteiger partial charge in [-0.3, -0.25) is 0 Å². The molecule has 2 N–H and O–H groups in total. The standard InChI is InChI=1S/C15H14N2S2/c1-10-2-4-11(5-3-10)9-18-15-17-13-7-6-12(16)8-14(13)19-15/h2-8H,9,16H2,1H3. The van der Waals surface area contributed by atoms with E-state index in [9.17, 15) is 0 Å². The molecule has 0 spiro atoms. The molecule has 0 unspecified atom stereocenters. The van der Waals surface area contributed by atoms with Crippen LogP contribution in [0.5, 0.6) is 0 Å². The highest BCUT2D eigenvalue weighted by Crippen LogP contribution is 2.32. The van der Waals surface area contributed by atoms with Gasteiger partial charge in [-0.25, -0.2) is 4.98 Å². The van der Waals surface area contributed by atoms with Crippen molar-refractivity contribution in [2.45, 2.75) is 17.0 Å². The molecule has 0 amide bonds. The number of benzene rings is 2. The molecule has 19 heavy (non-hydrogen) atoms. The zero-order valence-corrected chi connectivity index (χ0v) is 12.2. The van der Waals surface area contributed by atoms with Crippen LogP contribution in [0.1, 0.15) is 11.1 Å². The van der Waals surface area contributed by atoms with Crippen molar-refractivity contribution in [2.24, 2.45) is 0 Å². The van der Waals surface area contributed by atoms with Gasteiger partial charge < -0.3 is 5.73 Å². The summed E-state index contributed by atoms with van der Waals surface area (Å²) in [5.74, 6) is 0.954. The van der Waals surface area contributed by atoms with Gasteiger partial charge in [-0.05, 0) is 30.7 Å². The number of nitrogens with zero attached hydrogens (tertiary/aromatic N) is 1. The smallest absolute Gasteiger partial charge is 0.151 e. The number of thiazole rings is 1. The summed E-state index contributed by atoms with van der Waals surface area (Å²) in [4.78, 5) is 4.61. The maximum absolute atomic E-state index is 5.78. The minimum Gasteiger partial charge on any atom is -0.399 e. The van der Waals surface area contributed by atoms with E-state index in [1.54, 1.807) is 23.1 Å². The van der Waals surface area contributed by atoms with Crippen molar-refractivity contribution in [2.75, 3.05) is 5.73 Å². The minimum absolute atomic E-state index is 0.797. The van der Waals surface area contributed by atoms with Crippen molar-refractivity contribution in [1.29, 1.82) is 0 Å². The van der Waals surface area contributed by atoms with E-state index in [1.165, 1.54) is 11.1 Å². The number of aromatic nitrogens is 1. The van der Waals surface area contributed by atoms with Crippen LogP contribution < -0.4 is 5.73 Å². The average molecular weight is 286 g/mol. The van der Waals surface area contributed by atoms with Crippen molar-refractivity contribution in [1.82, 2.24) is 4.98 Å². The number of rotatable bonds is 3. The highest BCUT2D eigenvalue weighted by Gasteiger charge is 2.05. The summed E-state index contributed by atoms with van der Waals surface area (Å²) in [6, 6.07) is 14.5. The van der Waals surface area contributed by atoms with Crippen LogP contribution in [0.4, 0.5) is 5.69 Å². The van der Waals surface area contributed by atoms with E-state index in [4.69, 9.17) is 5.73 Å². The van der Waals surface area contributed by atoms with Gasteiger partial charge in [-0.15, -0.1) is 11.3 Å². The molecule has 3 aromatic rings. The second-order valence-corrected chi connectivity index (χ2v) is 6.73. The first-order valence-corrected chi connectivity index (χ1v) is 7.85. The maximum Gasteiger partial charge on any atom is 0.151 e. The van der Waals surface area contributed by atoms with E-state index in [0.717, 1.165) is 26.0 Å². The molecule has 0 aliphatic carbocycles. The fourth-order valence-electron chi connectivity index (χ4n) is 1.81. The fourth-order valence-corrected chi connectivity index (χ4v) is 3.88. The Morgan fingerprint density at radius 3 is 2.74 bits per heavy atom. The van der Waals surface area contributed by atoms with Crippen LogP contribution >= 0.6 is 23.1 Å². The zero-order chi connectivity index (χ0) is 13.2. The molecule has 0 fully saturated rings. The van der Waals surface area contributed by atoms with Crippen LogP contribution in [-0.4, -0.2) is 4.98 Å². The number of aryl methyl sites for hydroxylation is 1. The van der Waals surface area contributed by atoms with Gasteiger partial charge in [0.25, 0.3) is 0 Å². The number of thioether (sulfide) groups is 1. The quantitative estimate of drug-likeness (QED) is 0.570. The number of fused-ring (bicyclic) bond motifs is 1. The predicted octanol–water partition coefficient (Wildman–Crippen LogP) is 4.48. The topological polar surface area (TPSA) is 38.9 Å². The first kappa shape index (κ1) is 12.5. The lowest BCUT2D eigenvalue weighted by Crippen LogP contribution is -1.81. The number of anilines is 1. The van der Waals surface area contributed by atoms with Crippen molar-refractivity contribution in [3.63, 3.8) is 0 Å². The second-order valence-electron chi connectivity index (χ2n) is 4.48. The van der Waals surface area contributed by atoms with Crippen LogP contribution in [0.2, 0.25) is 0 Å². The van der Waals surface area contributed by atoms with E-state index in [-0.39, 0.29) is 0 Å². The molecular formula is C15H14N2S2. The highest BCUT2D eigenvalue weighted by atomic mass is 32.2. The molecule has 1 aromatic heterocycles. The third-order valence-corrected chi connectivity index (χ3v) is 5.11. The number of nitrogen functional groups attached to an aromatic ring is 1. The second kappa shape index (κ2) is 5.23. The van der Waals surface area contributed by atoms with E-state index >= 15 is 0 Å². The van der Waals surface area contributed by atoms with Gasteiger partial charge in [0.15, 0.2) is 4.34 Å². The van der Waals surface area contributed by atoms with Crippen molar-refractivity contribution in [3.8, 4) is 0 Å². The Labute approximate surface area is 120 Å². The molecular weight excluding hydrogens is 272 g/mol. The number of hydrogen-bond donors (Lipinski definition) is 1. The monoisotopic (exact) mass is 286 g/mol. The third kappa shape index (κ3) is 2.91. The molecule has 4 heteroatoms. The Morgan fingerprint density at radius 1 is 1.16 bits per heavy atom. The number of hydrogen-bond acceptors (Lipinski definition) is 4. The third-order valence-electron chi connectivity index (χ3n) is 2.88. The summed E-state index contributed by atoms with van der Waals surface area (Å²) in [6.07, 6.45) is 0. The summed E-state index contributed by atoms with van der Waals surface area (Å²) in [5.41, 5.74) is 10.2. The van der Waals surface area contributed by atoms with Gasteiger partial charge in [0.2, 0.25) is 0 Å². The first-order valence-electron chi connectivity index (χ1n) is 6.05. The van der Waals surface area contributed by atoms with E-state index in [0.29, 0.717) is 0 Å². The molecule has 96 valence electrons. The zero-order valence-electron chi connectivity index (χ0n) is 10.6. The van der Waals surface area contributed by atoms with Crippen molar-refractivity contribution in [3.05, 3.63) is 53.6 Å². The van der Waals surface area contributed by atoms with Crippen molar-refractivity contribution < 1.29 is 0 Å². The molecule has 0 atom stereocenters. The first-order chi connectivity index (χ1) is 9.20. The summed E-state index contributed by atoms with van der Waals surface area (Å²) in [6.45, 7) is 2.11. The molecule has 0 radical (unpaired) electrons. The number of nitrogens with two attached hydrogens (primary N) is 1. The average Bonchev–Trinajstić information content (AvgIpc) is 2.80. The molecule has 0 aliphatic rings. The summed E-state index contributed by atoms with van der Waals surface area (Å²) >= 11 is 3.48. The predicted molar refractivity (Wildman–Crippen MR) is 84.8 cm³/mol. The van der Waals surface area contributed by atoms with Gasteiger partial charge in [-0.1, -0.05) is 41.6 Å². The van der Waals surface area contributed by atoms with E-state index < -0.39 is 0 Å². The van der Waals surface area contributed by atoms with Gasteiger partial charge in [0.05, 0.1) is 10.2 Å². The molecule has 3 rings (SSSR count). The van der Waals surface area contributed by atoms with Crippen LogP contribution in [0.25, 0.3) is 10.2 Å². The SMILES string of the molecule is Cc1ccc(CSc2nc3ccc(N)cc3s2)cc1. The molecule has 0 saturated carbocycles. The summed E-state index contributed by atoms with van der Waals surface area (Å²) < 4.78 is 2.26. The largest absolute Gasteiger partial charge is 0.399 e. The Bertz CT molecular complexity index is 702. The van der Waals surface area contributed by atoms with Crippen molar-refractivity contribution >= 4 is 39.0 Å². The fraction of sp³-hybridized carbons (Fsp3) is 0.133. The van der Waals surface area contributed by atoms with E-state index in [1.807, 2.05) is 18.2 Å². The Hall–Kier alpha value is -1.52. The molecule has 0 saturated heterocycles. The summed E-state index contributed by atoms with van der Waals surface area (Å²) in [7, 11) is 0. The van der Waals surface area contributed by atoms with Gasteiger partial charge in [0.1, 0.15) is 0 Å². The maximum atomic E-state index is 5.78. The molecule has 0 bridgehead atoms. The molecule has 2 nitrogen and oxygen atoms in total. The van der Waals surface area contributed by atoms with Crippen LogP contribution in [0.15, 0.2) is 46.8 Å². The molecule has 1 heterocycles. The van der Waals surface area contributed by atoms with E-state index in [2.05, 4.69) is 36.2 Å². The highest BCUT2D eigenvalue weighted by molar-refractivity contribution is 8.00. The normalized spacial score (nSPS) is 11.0. The minimum atomic E-state index is 0.797. The van der Waals surface area contributed by atoms with Crippen LogP contribution in [-0.2, 0) is 5.75 Å². The molecule has 2 aromatic carbocycles. The van der Waals surface area contributed by atoms with Crippen LogP contribution in [0, 0.1) is 6.92 Å². The Morgan fingerprint density at radius 2 is 1.95 bits per heavy atom.